The van der Waals surface area contributed by atoms with Crippen molar-refractivity contribution < 1.29 is 0 Å². The lowest BCUT2D eigenvalue weighted by Crippen LogP contribution is -1.82. The van der Waals surface area contributed by atoms with Gasteiger partial charge >= 0.3 is 0 Å². The van der Waals surface area contributed by atoms with Crippen molar-refractivity contribution in [3.63, 3.8) is 0 Å². The maximum Gasteiger partial charge on any atom is 0.181 e. The maximum absolute atomic E-state index is 5.74. The second-order valence-electron chi connectivity index (χ2n) is 3.67. The molecule has 2 nitrogen and oxygen atoms in total. The zero-order chi connectivity index (χ0) is 11.1. The van der Waals surface area contributed by atoms with Crippen molar-refractivity contribution in [2.75, 3.05) is 5.73 Å². The molecule has 0 aliphatic heterocycles. The van der Waals surface area contributed by atoms with Crippen LogP contribution in [0.25, 0.3) is 20.7 Å². The molecule has 0 fully saturated rings. The van der Waals surface area contributed by atoms with Crippen LogP contribution in [-0.2, 0) is 0 Å². The van der Waals surface area contributed by atoms with Crippen molar-refractivity contribution in [3.05, 3.63) is 35.2 Å². The summed E-state index contributed by atoms with van der Waals surface area (Å²) < 4.78 is 1.17. The second-order valence-corrected chi connectivity index (χ2v) is 5.68. The monoisotopic (exact) mass is 246 g/mol. The SMILES string of the molecule is Cc1cc(-c2cccs2)cc2sc(N)nc12. The van der Waals surface area contributed by atoms with Crippen molar-refractivity contribution in [1.82, 2.24) is 4.98 Å². The average molecular weight is 246 g/mol. The Morgan fingerprint density at radius 1 is 1.31 bits per heavy atom. The molecule has 0 bridgehead atoms. The van der Waals surface area contributed by atoms with Crippen LogP contribution in [0.15, 0.2) is 29.6 Å². The van der Waals surface area contributed by atoms with E-state index in [-0.39, 0.29) is 0 Å². The van der Waals surface area contributed by atoms with Crippen molar-refractivity contribution in [3.8, 4) is 10.4 Å². The predicted octanol–water partition coefficient (Wildman–Crippen LogP) is 3.92. The number of nitrogen functional groups attached to an aromatic ring is 1. The van der Waals surface area contributed by atoms with Gasteiger partial charge in [-0.3, -0.25) is 0 Å². The smallest absolute Gasteiger partial charge is 0.181 e. The molecule has 3 aromatic rings. The van der Waals surface area contributed by atoms with E-state index in [0.29, 0.717) is 5.13 Å². The number of anilines is 1. The molecule has 4 heteroatoms. The largest absolute Gasteiger partial charge is 0.375 e. The fourth-order valence-electron chi connectivity index (χ4n) is 1.80. The summed E-state index contributed by atoms with van der Waals surface area (Å²) in [7, 11) is 0. The van der Waals surface area contributed by atoms with E-state index in [2.05, 4.69) is 41.6 Å². The predicted molar refractivity (Wildman–Crippen MR) is 72.1 cm³/mol. The molecular weight excluding hydrogens is 236 g/mol. The number of thiazole rings is 1. The van der Waals surface area contributed by atoms with Gasteiger partial charge in [-0.1, -0.05) is 17.4 Å². The summed E-state index contributed by atoms with van der Waals surface area (Å²) in [5.41, 5.74) is 9.21. The van der Waals surface area contributed by atoms with Gasteiger partial charge in [-0.05, 0) is 41.6 Å². The number of aromatic nitrogens is 1. The average Bonchev–Trinajstić information content (AvgIpc) is 2.84. The van der Waals surface area contributed by atoms with E-state index in [9.17, 15) is 0 Å². The van der Waals surface area contributed by atoms with Gasteiger partial charge in [0.15, 0.2) is 5.13 Å². The van der Waals surface area contributed by atoms with E-state index in [1.807, 2.05) is 0 Å². The molecule has 0 radical (unpaired) electrons. The van der Waals surface area contributed by atoms with Crippen LogP contribution in [0.1, 0.15) is 5.56 Å². The first-order valence-electron chi connectivity index (χ1n) is 4.94. The van der Waals surface area contributed by atoms with Crippen LogP contribution in [0.5, 0.6) is 0 Å². The number of nitrogens with two attached hydrogens (primary N) is 1. The fourth-order valence-corrected chi connectivity index (χ4v) is 3.37. The minimum Gasteiger partial charge on any atom is -0.375 e. The molecular formula is C12H10N2S2. The number of hydrogen-bond donors (Lipinski definition) is 1. The number of nitrogens with zero attached hydrogens (tertiary/aromatic N) is 1. The molecule has 0 atom stereocenters. The van der Waals surface area contributed by atoms with Gasteiger partial charge in [0.25, 0.3) is 0 Å². The Morgan fingerprint density at radius 3 is 2.94 bits per heavy atom. The quantitative estimate of drug-likeness (QED) is 0.707. The van der Waals surface area contributed by atoms with Crippen molar-refractivity contribution in [2.24, 2.45) is 0 Å². The minimum atomic E-state index is 0.640. The lowest BCUT2D eigenvalue weighted by atomic mass is 10.1. The topological polar surface area (TPSA) is 38.9 Å². The lowest BCUT2D eigenvalue weighted by Gasteiger charge is -2.00. The van der Waals surface area contributed by atoms with Gasteiger partial charge in [0.1, 0.15) is 0 Å². The molecule has 80 valence electrons. The Morgan fingerprint density at radius 2 is 2.19 bits per heavy atom. The highest BCUT2D eigenvalue weighted by Gasteiger charge is 2.07. The van der Waals surface area contributed by atoms with E-state index < -0.39 is 0 Å². The van der Waals surface area contributed by atoms with Gasteiger partial charge in [-0.25, -0.2) is 4.98 Å². The number of benzene rings is 1. The van der Waals surface area contributed by atoms with Gasteiger partial charge in [0.05, 0.1) is 10.2 Å². The Labute approximate surface area is 101 Å². The number of aryl methyl sites for hydroxylation is 1. The Hall–Kier alpha value is -1.39. The summed E-state index contributed by atoms with van der Waals surface area (Å²) in [5, 5.41) is 2.73. The molecule has 0 saturated heterocycles. The highest BCUT2D eigenvalue weighted by Crippen LogP contribution is 2.33. The van der Waals surface area contributed by atoms with Gasteiger partial charge < -0.3 is 5.73 Å². The second kappa shape index (κ2) is 3.57. The number of thiophene rings is 1. The third-order valence-electron chi connectivity index (χ3n) is 2.51. The van der Waals surface area contributed by atoms with Crippen LogP contribution >= 0.6 is 22.7 Å². The van der Waals surface area contributed by atoms with E-state index in [0.717, 1.165) is 5.52 Å². The molecule has 0 unspecified atom stereocenters. The van der Waals surface area contributed by atoms with Crippen molar-refractivity contribution in [1.29, 1.82) is 0 Å². The van der Waals surface area contributed by atoms with E-state index >= 15 is 0 Å². The summed E-state index contributed by atoms with van der Waals surface area (Å²) in [6.45, 7) is 2.08. The van der Waals surface area contributed by atoms with Crippen LogP contribution < -0.4 is 5.73 Å². The van der Waals surface area contributed by atoms with Crippen LogP contribution in [0, 0.1) is 6.92 Å². The zero-order valence-corrected chi connectivity index (χ0v) is 10.4. The highest BCUT2D eigenvalue weighted by molar-refractivity contribution is 7.22. The Balaban J connectivity index is 2.28. The van der Waals surface area contributed by atoms with Gasteiger partial charge in [0, 0.05) is 4.88 Å². The van der Waals surface area contributed by atoms with Crippen LogP contribution in [0.3, 0.4) is 0 Å². The molecule has 0 saturated carbocycles. The van der Waals surface area contributed by atoms with Crippen molar-refractivity contribution >= 4 is 38.0 Å². The molecule has 1 aromatic carbocycles. The number of fused-ring (bicyclic) bond motifs is 1. The van der Waals surface area contributed by atoms with Gasteiger partial charge in [-0.15, -0.1) is 11.3 Å². The minimum absolute atomic E-state index is 0.640. The molecule has 2 heterocycles. The molecule has 0 amide bonds. The molecule has 2 N–H and O–H groups in total. The van der Waals surface area contributed by atoms with Gasteiger partial charge in [-0.2, -0.15) is 0 Å². The van der Waals surface area contributed by atoms with Crippen LogP contribution in [-0.4, -0.2) is 4.98 Å². The molecule has 16 heavy (non-hydrogen) atoms. The summed E-state index contributed by atoms with van der Waals surface area (Å²) in [6.07, 6.45) is 0. The first kappa shape index (κ1) is 9.81. The third kappa shape index (κ3) is 1.50. The summed E-state index contributed by atoms with van der Waals surface area (Å²) in [4.78, 5) is 5.62. The first-order valence-corrected chi connectivity index (χ1v) is 6.64. The van der Waals surface area contributed by atoms with E-state index in [4.69, 9.17) is 5.73 Å². The number of rotatable bonds is 1. The molecule has 0 spiro atoms. The standard InChI is InChI=1S/C12H10N2S2/c1-7-5-8(9-3-2-4-15-9)6-10-11(7)14-12(13)16-10/h2-6H,1H3,(H2,13,14). The third-order valence-corrected chi connectivity index (χ3v) is 4.26. The lowest BCUT2D eigenvalue weighted by molar-refractivity contribution is 1.43. The first-order chi connectivity index (χ1) is 7.74. The zero-order valence-electron chi connectivity index (χ0n) is 8.73. The summed E-state index contributed by atoms with van der Waals surface area (Å²) in [6, 6.07) is 8.55. The molecule has 0 aliphatic carbocycles. The summed E-state index contributed by atoms with van der Waals surface area (Å²) >= 11 is 3.30. The normalized spacial score (nSPS) is 11.1. The number of hydrogen-bond acceptors (Lipinski definition) is 4. The van der Waals surface area contributed by atoms with E-state index in [1.54, 1.807) is 22.7 Å². The van der Waals surface area contributed by atoms with Crippen LogP contribution in [0.2, 0.25) is 0 Å². The molecule has 3 rings (SSSR count). The summed E-state index contributed by atoms with van der Waals surface area (Å²) in [5.74, 6) is 0. The highest BCUT2D eigenvalue weighted by atomic mass is 32.1. The van der Waals surface area contributed by atoms with Crippen LogP contribution in [0.4, 0.5) is 5.13 Å². The van der Waals surface area contributed by atoms with E-state index in [1.165, 1.54) is 20.7 Å². The van der Waals surface area contributed by atoms with Gasteiger partial charge in [0.2, 0.25) is 0 Å². The van der Waals surface area contributed by atoms with Crippen molar-refractivity contribution in [2.45, 2.75) is 6.92 Å². The Bertz CT molecular complexity index is 638. The Kier molecular flexibility index (Phi) is 2.19. The molecule has 0 aliphatic rings. The molecule has 2 aromatic heterocycles. The fraction of sp³-hybridized carbons (Fsp3) is 0.0833. The maximum atomic E-state index is 5.74.